The van der Waals surface area contributed by atoms with Crippen molar-refractivity contribution in [1.82, 2.24) is 9.97 Å². The van der Waals surface area contributed by atoms with Crippen molar-refractivity contribution in [2.75, 3.05) is 13.2 Å². The van der Waals surface area contributed by atoms with Gasteiger partial charge in [-0.25, -0.2) is 19.6 Å². The Morgan fingerprint density at radius 3 is 1.92 bits per heavy atom. The second-order valence-corrected chi connectivity index (χ2v) is 7.56. The Kier molecular flexibility index (Phi) is 9.91. The van der Waals surface area contributed by atoms with Crippen molar-refractivity contribution in [1.29, 1.82) is 10.5 Å². The second-order valence-electron chi connectivity index (χ2n) is 7.56. The van der Waals surface area contributed by atoms with Gasteiger partial charge in [0, 0.05) is 29.6 Å². The first-order valence-electron chi connectivity index (χ1n) is 11.4. The van der Waals surface area contributed by atoms with E-state index in [1.165, 1.54) is 12.4 Å². The van der Waals surface area contributed by atoms with Crippen molar-refractivity contribution < 1.29 is 19.1 Å². The molecule has 0 aliphatic rings. The minimum Gasteiger partial charge on any atom is -0.463 e. The molecular formula is C30H20N4O4. The molecule has 38 heavy (non-hydrogen) atoms. The van der Waals surface area contributed by atoms with E-state index in [-0.39, 0.29) is 18.8 Å². The predicted octanol–water partition coefficient (Wildman–Crippen LogP) is 3.69. The molecule has 0 saturated heterocycles. The summed E-state index contributed by atoms with van der Waals surface area (Å²) in [5.41, 5.74) is 2.94. The number of hydrogen-bond acceptors (Lipinski definition) is 8. The maximum Gasteiger partial charge on any atom is 0.339 e. The molecular weight excluding hydrogens is 480 g/mol. The highest BCUT2D eigenvalue weighted by atomic mass is 16.5. The SMILES string of the molecule is C=CC(=O)OCCCCOC(=O)c1cc(C#Cc2ccc(C#N)cn2)ccc1C#Cc1ccc(C#N)cn1. The average Bonchev–Trinajstić information content (AvgIpc) is 2.97. The monoisotopic (exact) mass is 500 g/mol. The van der Waals surface area contributed by atoms with Crippen LogP contribution in [0.1, 0.15) is 56.8 Å². The standard InChI is InChI=1S/C30H20N4O4/c1-2-29(35)37-15-3-4-16-38-30(36)28-17-22(6-11-26-12-7-23(18-31)20-33-26)5-9-25(28)10-14-27-13-8-24(19-32)21-34-27/h2,5,7-9,12-13,17,20-21H,1,3-4,15-16H2. The zero-order valence-electron chi connectivity index (χ0n) is 20.2. The lowest BCUT2D eigenvalue weighted by atomic mass is 10.0. The number of ether oxygens (including phenoxy) is 2. The molecule has 2 heterocycles. The Morgan fingerprint density at radius 1 is 0.789 bits per heavy atom. The molecule has 0 N–H and O–H groups in total. The van der Waals surface area contributed by atoms with Crippen molar-refractivity contribution in [3.63, 3.8) is 0 Å². The molecule has 0 amide bonds. The van der Waals surface area contributed by atoms with Crippen LogP contribution in [0.5, 0.6) is 0 Å². The third-order valence-corrected chi connectivity index (χ3v) is 4.87. The fraction of sp³-hybridized carbons (Fsp3) is 0.133. The van der Waals surface area contributed by atoms with E-state index < -0.39 is 11.9 Å². The summed E-state index contributed by atoms with van der Waals surface area (Å²) in [6.45, 7) is 3.66. The summed E-state index contributed by atoms with van der Waals surface area (Å²) in [5.74, 6) is 10.6. The number of nitriles is 2. The van der Waals surface area contributed by atoms with Crippen LogP contribution in [0.25, 0.3) is 0 Å². The highest BCUT2D eigenvalue weighted by Gasteiger charge is 2.13. The van der Waals surface area contributed by atoms with Crippen LogP contribution >= 0.6 is 0 Å². The number of carbonyl (C=O) groups excluding carboxylic acids is 2. The van der Waals surface area contributed by atoms with Crippen LogP contribution in [-0.2, 0) is 14.3 Å². The van der Waals surface area contributed by atoms with E-state index in [0.29, 0.717) is 46.5 Å². The fourth-order valence-corrected chi connectivity index (χ4v) is 2.91. The van der Waals surface area contributed by atoms with E-state index in [9.17, 15) is 9.59 Å². The van der Waals surface area contributed by atoms with Gasteiger partial charge >= 0.3 is 11.9 Å². The third kappa shape index (κ3) is 8.21. The van der Waals surface area contributed by atoms with Gasteiger partial charge in [0.15, 0.2) is 0 Å². The minimum atomic E-state index is -0.578. The molecule has 8 nitrogen and oxygen atoms in total. The first-order chi connectivity index (χ1) is 18.5. The van der Waals surface area contributed by atoms with Crippen LogP contribution in [0.2, 0.25) is 0 Å². The Hall–Kier alpha value is -5.70. The average molecular weight is 501 g/mol. The lowest BCUT2D eigenvalue weighted by molar-refractivity contribution is -0.137. The molecule has 0 atom stereocenters. The lowest BCUT2D eigenvalue weighted by Crippen LogP contribution is -2.10. The first kappa shape index (κ1) is 26.9. The van der Waals surface area contributed by atoms with Crippen LogP contribution < -0.4 is 0 Å². The van der Waals surface area contributed by atoms with Crippen LogP contribution in [0.4, 0.5) is 0 Å². The Morgan fingerprint density at radius 2 is 1.37 bits per heavy atom. The number of esters is 2. The first-order valence-corrected chi connectivity index (χ1v) is 11.4. The number of hydrogen-bond donors (Lipinski definition) is 0. The molecule has 0 aliphatic carbocycles. The number of carbonyl (C=O) groups is 2. The van der Waals surface area contributed by atoms with E-state index in [4.69, 9.17) is 20.0 Å². The number of nitrogens with zero attached hydrogens (tertiary/aromatic N) is 4. The Bertz CT molecular complexity index is 1540. The molecule has 0 unspecified atom stereocenters. The molecule has 0 radical (unpaired) electrons. The summed E-state index contributed by atoms with van der Waals surface area (Å²) in [4.78, 5) is 32.3. The maximum absolute atomic E-state index is 12.9. The zero-order chi connectivity index (χ0) is 27.2. The molecule has 8 heteroatoms. The van der Waals surface area contributed by atoms with Crippen LogP contribution in [0.15, 0.2) is 67.5 Å². The molecule has 0 fully saturated rings. The maximum atomic E-state index is 12.9. The highest BCUT2D eigenvalue weighted by molar-refractivity contribution is 5.93. The van der Waals surface area contributed by atoms with Crippen molar-refractivity contribution in [3.8, 4) is 35.8 Å². The van der Waals surface area contributed by atoms with Gasteiger partial charge in [0.05, 0.1) is 29.9 Å². The van der Waals surface area contributed by atoms with E-state index in [1.54, 1.807) is 42.5 Å². The van der Waals surface area contributed by atoms with Gasteiger partial charge in [0.2, 0.25) is 0 Å². The molecule has 0 spiro atoms. The molecule has 184 valence electrons. The summed E-state index contributed by atoms with van der Waals surface area (Å²) in [6.07, 6.45) is 4.95. The number of pyridine rings is 2. The quantitative estimate of drug-likeness (QED) is 0.208. The normalized spacial score (nSPS) is 9.32. The number of rotatable bonds is 7. The Balaban J connectivity index is 1.79. The summed E-state index contributed by atoms with van der Waals surface area (Å²) < 4.78 is 10.3. The molecule has 3 aromatic rings. The van der Waals surface area contributed by atoms with Crippen molar-refractivity contribution in [2.45, 2.75) is 12.8 Å². The van der Waals surface area contributed by atoms with Gasteiger partial charge in [-0.2, -0.15) is 10.5 Å². The molecule has 1 aromatic carbocycles. The fourth-order valence-electron chi connectivity index (χ4n) is 2.91. The van der Waals surface area contributed by atoms with E-state index >= 15 is 0 Å². The number of benzene rings is 1. The van der Waals surface area contributed by atoms with Crippen LogP contribution in [-0.4, -0.2) is 35.1 Å². The molecule has 3 rings (SSSR count). The zero-order valence-corrected chi connectivity index (χ0v) is 20.2. The summed E-state index contributed by atoms with van der Waals surface area (Å²) in [5, 5.41) is 17.8. The molecule has 2 aromatic heterocycles. The smallest absolute Gasteiger partial charge is 0.339 e. The second kappa shape index (κ2) is 14.0. The van der Waals surface area contributed by atoms with Crippen LogP contribution in [0.3, 0.4) is 0 Å². The van der Waals surface area contributed by atoms with Gasteiger partial charge in [-0.05, 0) is 67.1 Å². The van der Waals surface area contributed by atoms with Crippen molar-refractivity contribution in [3.05, 3.63) is 107 Å². The van der Waals surface area contributed by atoms with Gasteiger partial charge in [-0.3, -0.25) is 0 Å². The highest BCUT2D eigenvalue weighted by Crippen LogP contribution is 2.14. The van der Waals surface area contributed by atoms with Crippen molar-refractivity contribution in [2.24, 2.45) is 0 Å². The largest absolute Gasteiger partial charge is 0.463 e. The van der Waals surface area contributed by atoms with Gasteiger partial charge < -0.3 is 9.47 Å². The summed E-state index contributed by atoms with van der Waals surface area (Å²) >= 11 is 0. The Labute approximate surface area is 220 Å². The van der Waals surface area contributed by atoms with Gasteiger partial charge in [0.1, 0.15) is 23.5 Å². The van der Waals surface area contributed by atoms with Gasteiger partial charge in [-0.15, -0.1) is 0 Å². The number of aromatic nitrogens is 2. The van der Waals surface area contributed by atoms with Gasteiger partial charge in [-0.1, -0.05) is 18.4 Å². The summed E-state index contributed by atoms with van der Waals surface area (Å²) in [7, 11) is 0. The molecule has 0 saturated carbocycles. The van der Waals surface area contributed by atoms with E-state index in [1.807, 2.05) is 12.1 Å². The third-order valence-electron chi connectivity index (χ3n) is 4.87. The molecule has 0 aliphatic heterocycles. The van der Waals surface area contributed by atoms with Gasteiger partial charge in [0.25, 0.3) is 0 Å². The van der Waals surface area contributed by atoms with E-state index in [0.717, 1.165) is 6.08 Å². The lowest BCUT2D eigenvalue weighted by Gasteiger charge is -2.07. The minimum absolute atomic E-state index is 0.125. The number of unbranched alkanes of at least 4 members (excludes halogenated alkanes) is 1. The molecule has 0 bridgehead atoms. The topological polar surface area (TPSA) is 126 Å². The van der Waals surface area contributed by atoms with E-state index in [2.05, 4.69) is 40.2 Å². The van der Waals surface area contributed by atoms with Crippen molar-refractivity contribution >= 4 is 11.9 Å². The predicted molar refractivity (Wildman–Crippen MR) is 137 cm³/mol. The summed E-state index contributed by atoms with van der Waals surface area (Å²) in [6, 6.07) is 15.4. The van der Waals surface area contributed by atoms with Crippen LogP contribution in [0, 0.1) is 46.3 Å².